The number of thiazole rings is 1. The zero-order valence-electron chi connectivity index (χ0n) is 19.9. The second-order valence-corrected chi connectivity index (χ2v) is 11.1. The van der Waals surface area contributed by atoms with Gasteiger partial charge in [0.1, 0.15) is 5.75 Å². The highest BCUT2D eigenvalue weighted by Crippen LogP contribution is 2.31. The summed E-state index contributed by atoms with van der Waals surface area (Å²) in [5.41, 5.74) is 2.65. The molecule has 4 aromatic rings. The van der Waals surface area contributed by atoms with Gasteiger partial charge in [-0.15, -0.1) is 11.3 Å². The van der Waals surface area contributed by atoms with Crippen molar-refractivity contribution in [3.8, 4) is 5.75 Å². The molecule has 0 saturated carbocycles. The first-order valence-corrected chi connectivity index (χ1v) is 14.0. The third-order valence-electron chi connectivity index (χ3n) is 5.91. The summed E-state index contributed by atoms with van der Waals surface area (Å²) in [4.78, 5) is 33.9. The molecule has 2 amide bonds. The average molecular weight is 553 g/mol. The van der Waals surface area contributed by atoms with Gasteiger partial charge in [0.15, 0.2) is 10.9 Å². The summed E-state index contributed by atoms with van der Waals surface area (Å²) in [6, 6.07) is 22.6. The summed E-state index contributed by atoms with van der Waals surface area (Å²) in [5.74, 6) is 0.881. The Morgan fingerprint density at radius 2 is 1.76 bits per heavy atom. The number of hydrogen-bond donors (Lipinski definition) is 1. The molecule has 1 aliphatic heterocycles. The maximum absolute atomic E-state index is 12.8. The lowest BCUT2D eigenvalue weighted by Gasteiger charge is -2.36. The first-order chi connectivity index (χ1) is 18.0. The van der Waals surface area contributed by atoms with Crippen LogP contribution in [0.15, 0.2) is 77.1 Å². The molecule has 1 saturated heterocycles. The third kappa shape index (κ3) is 6.74. The molecule has 0 unspecified atom stereocenters. The number of nitrogens with one attached hydrogen (secondary N) is 1. The molecule has 1 aliphatic rings. The smallest absolute Gasteiger partial charge is 0.262 e. The lowest BCUT2D eigenvalue weighted by atomic mass is 10.2. The van der Waals surface area contributed by atoms with Crippen LogP contribution in [0.1, 0.15) is 0 Å². The fourth-order valence-corrected chi connectivity index (χ4v) is 6.12. The van der Waals surface area contributed by atoms with Gasteiger partial charge in [-0.3, -0.25) is 9.59 Å². The predicted molar refractivity (Wildman–Crippen MR) is 151 cm³/mol. The van der Waals surface area contributed by atoms with E-state index in [-0.39, 0.29) is 18.4 Å². The fraction of sp³-hybridized carbons (Fsp3) is 0.222. The van der Waals surface area contributed by atoms with Crippen molar-refractivity contribution in [2.24, 2.45) is 0 Å². The zero-order chi connectivity index (χ0) is 25.6. The predicted octanol–water partition coefficient (Wildman–Crippen LogP) is 5.41. The standard InChI is InChI=1S/C27H25ClN4O3S2/c28-19-6-9-21(10-7-19)31-12-14-32(15-13-31)26(34)18-36-27-30-23-11-8-20(16-24(23)37-27)29-25(33)17-35-22-4-2-1-3-5-22/h1-11,16H,12-15,17-18H2,(H,29,33). The molecule has 0 radical (unpaired) electrons. The van der Waals surface area contributed by atoms with Crippen LogP contribution in [-0.2, 0) is 9.59 Å². The fourth-order valence-electron chi connectivity index (χ4n) is 3.99. The molecule has 3 aromatic carbocycles. The first kappa shape index (κ1) is 25.4. The summed E-state index contributed by atoms with van der Waals surface area (Å²) in [5, 5.41) is 3.58. The Kier molecular flexibility index (Phi) is 8.13. The van der Waals surface area contributed by atoms with Crippen molar-refractivity contribution in [1.29, 1.82) is 0 Å². The van der Waals surface area contributed by atoms with Gasteiger partial charge in [-0.2, -0.15) is 0 Å². The van der Waals surface area contributed by atoms with Crippen LogP contribution in [0.2, 0.25) is 5.02 Å². The Morgan fingerprint density at radius 3 is 2.51 bits per heavy atom. The molecule has 0 spiro atoms. The van der Waals surface area contributed by atoms with Gasteiger partial charge in [-0.1, -0.05) is 41.6 Å². The van der Waals surface area contributed by atoms with Gasteiger partial charge in [0.25, 0.3) is 5.91 Å². The molecule has 0 aliphatic carbocycles. The molecule has 190 valence electrons. The number of halogens is 1. The van der Waals surface area contributed by atoms with Crippen molar-refractivity contribution >= 4 is 68.1 Å². The number of piperazine rings is 1. The average Bonchev–Trinajstić information content (AvgIpc) is 3.34. The number of carbonyl (C=O) groups is 2. The summed E-state index contributed by atoms with van der Waals surface area (Å²) in [6.45, 7) is 2.91. The number of aromatic nitrogens is 1. The SMILES string of the molecule is O=C(COc1ccccc1)Nc1ccc2nc(SCC(=O)N3CCN(c4ccc(Cl)cc4)CC3)sc2c1. The number of hydrogen-bond acceptors (Lipinski definition) is 7. The van der Waals surface area contributed by atoms with Crippen molar-refractivity contribution in [3.63, 3.8) is 0 Å². The van der Waals surface area contributed by atoms with Gasteiger partial charge in [0.05, 0.1) is 16.0 Å². The highest BCUT2D eigenvalue weighted by Gasteiger charge is 2.22. The monoisotopic (exact) mass is 552 g/mol. The number of para-hydroxylation sites is 1. The number of anilines is 2. The van der Waals surface area contributed by atoms with Crippen molar-refractivity contribution in [2.45, 2.75) is 4.34 Å². The summed E-state index contributed by atoms with van der Waals surface area (Å²) in [7, 11) is 0. The van der Waals surface area contributed by atoms with Crippen LogP contribution in [0.3, 0.4) is 0 Å². The minimum absolute atomic E-state index is 0.0675. The van der Waals surface area contributed by atoms with Crippen molar-refractivity contribution < 1.29 is 14.3 Å². The molecule has 5 rings (SSSR count). The number of nitrogens with zero attached hydrogens (tertiary/aromatic N) is 3. The van der Waals surface area contributed by atoms with Crippen LogP contribution in [0.5, 0.6) is 5.75 Å². The van der Waals surface area contributed by atoms with Crippen LogP contribution in [0.4, 0.5) is 11.4 Å². The molecule has 0 atom stereocenters. The molecular weight excluding hydrogens is 528 g/mol. The highest BCUT2D eigenvalue weighted by molar-refractivity contribution is 8.01. The van der Waals surface area contributed by atoms with E-state index in [4.69, 9.17) is 16.3 Å². The Morgan fingerprint density at radius 1 is 1.00 bits per heavy atom. The van der Waals surface area contributed by atoms with Gasteiger partial charge in [-0.05, 0) is 54.6 Å². The Hall–Kier alpha value is -3.27. The first-order valence-electron chi connectivity index (χ1n) is 11.8. The van der Waals surface area contributed by atoms with Crippen LogP contribution in [0, 0.1) is 0 Å². The normalized spacial score (nSPS) is 13.5. The van der Waals surface area contributed by atoms with E-state index in [0.29, 0.717) is 30.3 Å². The number of amides is 2. The highest BCUT2D eigenvalue weighted by atomic mass is 35.5. The molecular formula is C27H25ClN4O3S2. The Balaban J connectivity index is 1.10. The van der Waals surface area contributed by atoms with Crippen LogP contribution in [-0.4, -0.2) is 60.2 Å². The second-order valence-electron chi connectivity index (χ2n) is 8.45. The summed E-state index contributed by atoms with van der Waals surface area (Å²) >= 11 is 8.95. The van der Waals surface area contributed by atoms with Gasteiger partial charge < -0.3 is 19.9 Å². The van der Waals surface area contributed by atoms with Crippen molar-refractivity contribution in [2.75, 3.05) is 48.8 Å². The molecule has 2 heterocycles. The molecule has 7 nitrogen and oxygen atoms in total. The lowest BCUT2D eigenvalue weighted by molar-refractivity contribution is -0.128. The van der Waals surface area contributed by atoms with E-state index < -0.39 is 0 Å². The molecule has 1 N–H and O–H groups in total. The number of ether oxygens (including phenoxy) is 1. The maximum atomic E-state index is 12.8. The van der Waals surface area contributed by atoms with Crippen molar-refractivity contribution in [3.05, 3.63) is 77.8 Å². The van der Waals surface area contributed by atoms with E-state index in [9.17, 15) is 9.59 Å². The van der Waals surface area contributed by atoms with E-state index in [1.165, 1.54) is 23.1 Å². The van der Waals surface area contributed by atoms with E-state index in [1.54, 1.807) is 0 Å². The third-order valence-corrected chi connectivity index (χ3v) is 8.31. The molecule has 1 aromatic heterocycles. The number of rotatable bonds is 8. The number of thioether (sulfide) groups is 1. The topological polar surface area (TPSA) is 74.8 Å². The molecule has 10 heteroatoms. The largest absolute Gasteiger partial charge is 0.484 e. The maximum Gasteiger partial charge on any atom is 0.262 e. The minimum Gasteiger partial charge on any atom is -0.484 e. The van der Waals surface area contributed by atoms with Crippen LogP contribution >= 0.6 is 34.7 Å². The number of carbonyl (C=O) groups excluding carboxylic acids is 2. The van der Waals surface area contributed by atoms with Gasteiger partial charge in [0.2, 0.25) is 5.91 Å². The number of benzene rings is 3. The van der Waals surface area contributed by atoms with Crippen molar-refractivity contribution in [1.82, 2.24) is 9.88 Å². The molecule has 1 fully saturated rings. The molecule has 37 heavy (non-hydrogen) atoms. The van der Waals surface area contributed by atoms with E-state index in [2.05, 4.69) is 15.2 Å². The Labute approximate surface area is 228 Å². The zero-order valence-corrected chi connectivity index (χ0v) is 22.3. The summed E-state index contributed by atoms with van der Waals surface area (Å²) in [6.07, 6.45) is 0. The minimum atomic E-state index is -0.232. The van der Waals surface area contributed by atoms with Crippen LogP contribution in [0.25, 0.3) is 10.2 Å². The van der Waals surface area contributed by atoms with E-state index >= 15 is 0 Å². The number of fused-ring (bicyclic) bond motifs is 1. The lowest BCUT2D eigenvalue weighted by Crippen LogP contribution is -2.49. The Bertz CT molecular complexity index is 1370. The van der Waals surface area contributed by atoms with Gasteiger partial charge >= 0.3 is 0 Å². The second kappa shape index (κ2) is 11.9. The van der Waals surface area contributed by atoms with E-state index in [0.717, 1.165) is 38.4 Å². The van der Waals surface area contributed by atoms with Gasteiger partial charge in [-0.25, -0.2) is 4.98 Å². The quantitative estimate of drug-likeness (QED) is 0.295. The van der Waals surface area contributed by atoms with Crippen LogP contribution < -0.4 is 15.0 Å². The van der Waals surface area contributed by atoms with Gasteiger partial charge in [0, 0.05) is 42.6 Å². The van der Waals surface area contributed by atoms with E-state index in [1.807, 2.05) is 77.7 Å². The summed E-state index contributed by atoms with van der Waals surface area (Å²) < 4.78 is 7.28. The molecule has 0 bridgehead atoms.